The molecular weight excluding hydrogens is 422 g/mol. The second kappa shape index (κ2) is 9.73. The maximum Gasteiger partial charge on any atom is 0.254 e. The van der Waals surface area contributed by atoms with Gasteiger partial charge in [-0.3, -0.25) is 4.79 Å². The largest absolute Gasteiger partial charge is 0.377 e. The SMILES string of the molecule is Cc1ccc(C(=O)NCC2CCC(Nc3cc(N(C)C)c4ccccc4n3)CC2)c(F)c1F. The number of fused-ring (bicyclic) bond motifs is 1. The molecule has 1 fully saturated rings. The quantitative estimate of drug-likeness (QED) is 0.534. The van der Waals surface area contributed by atoms with Crippen molar-refractivity contribution in [1.29, 1.82) is 0 Å². The normalized spacial score (nSPS) is 18.2. The first kappa shape index (κ1) is 23.0. The van der Waals surface area contributed by atoms with Crippen LogP contribution in [0.1, 0.15) is 41.6 Å². The van der Waals surface area contributed by atoms with Gasteiger partial charge in [0.1, 0.15) is 5.82 Å². The molecule has 0 unspecified atom stereocenters. The molecule has 174 valence electrons. The lowest BCUT2D eigenvalue weighted by atomic mass is 9.86. The van der Waals surface area contributed by atoms with Crippen LogP contribution in [0.2, 0.25) is 0 Å². The Balaban J connectivity index is 1.32. The molecule has 33 heavy (non-hydrogen) atoms. The average Bonchev–Trinajstić information content (AvgIpc) is 2.81. The fourth-order valence-electron chi connectivity index (χ4n) is 4.47. The number of hydrogen-bond acceptors (Lipinski definition) is 4. The summed E-state index contributed by atoms with van der Waals surface area (Å²) in [6, 6.07) is 13.3. The minimum Gasteiger partial charge on any atom is -0.377 e. The highest BCUT2D eigenvalue weighted by Gasteiger charge is 2.23. The van der Waals surface area contributed by atoms with Gasteiger partial charge in [0.05, 0.1) is 11.1 Å². The van der Waals surface area contributed by atoms with Crippen molar-refractivity contribution in [1.82, 2.24) is 10.3 Å². The lowest BCUT2D eigenvalue weighted by molar-refractivity contribution is 0.0938. The number of carbonyl (C=O) groups is 1. The van der Waals surface area contributed by atoms with Gasteiger partial charge in [-0.1, -0.05) is 24.3 Å². The number of nitrogens with one attached hydrogen (secondary N) is 2. The van der Waals surface area contributed by atoms with E-state index in [-0.39, 0.29) is 11.1 Å². The Morgan fingerprint density at radius 3 is 2.52 bits per heavy atom. The molecule has 0 atom stereocenters. The van der Waals surface area contributed by atoms with E-state index in [4.69, 9.17) is 4.98 Å². The first-order valence-electron chi connectivity index (χ1n) is 11.4. The Morgan fingerprint density at radius 2 is 1.79 bits per heavy atom. The molecule has 0 bridgehead atoms. The van der Waals surface area contributed by atoms with Crippen molar-refractivity contribution in [2.45, 2.75) is 38.6 Å². The molecule has 5 nitrogen and oxygen atoms in total. The summed E-state index contributed by atoms with van der Waals surface area (Å²) < 4.78 is 27.8. The third-order valence-electron chi connectivity index (χ3n) is 6.45. The standard InChI is InChI=1S/C26H30F2N4O/c1-16-8-13-20(25(28)24(16)27)26(33)29-15-17-9-11-18(12-10-17)30-23-14-22(32(2)3)19-6-4-5-7-21(19)31-23/h4-8,13-14,17-18H,9-12,15H2,1-3H3,(H,29,33)(H,30,31). The molecule has 4 rings (SSSR count). The fourth-order valence-corrected chi connectivity index (χ4v) is 4.47. The lowest BCUT2D eigenvalue weighted by Gasteiger charge is -2.30. The molecule has 2 aromatic carbocycles. The number of anilines is 2. The molecule has 1 saturated carbocycles. The van der Waals surface area contributed by atoms with Crippen LogP contribution < -0.4 is 15.5 Å². The first-order chi connectivity index (χ1) is 15.8. The molecule has 1 amide bonds. The van der Waals surface area contributed by atoms with Crippen molar-refractivity contribution in [2.75, 3.05) is 30.9 Å². The zero-order valence-corrected chi connectivity index (χ0v) is 19.3. The van der Waals surface area contributed by atoms with Crippen molar-refractivity contribution in [3.63, 3.8) is 0 Å². The lowest BCUT2D eigenvalue weighted by Crippen LogP contribution is -2.34. The van der Waals surface area contributed by atoms with Gasteiger partial charge in [-0.05, 0) is 56.2 Å². The summed E-state index contributed by atoms with van der Waals surface area (Å²) in [5.41, 5.74) is 2.03. The van der Waals surface area contributed by atoms with Crippen LogP contribution in [0.3, 0.4) is 0 Å². The van der Waals surface area contributed by atoms with E-state index < -0.39 is 17.5 Å². The molecule has 7 heteroatoms. The summed E-state index contributed by atoms with van der Waals surface area (Å²) in [4.78, 5) is 19.2. The summed E-state index contributed by atoms with van der Waals surface area (Å²) in [6.07, 6.45) is 3.80. The first-order valence-corrected chi connectivity index (χ1v) is 11.4. The number of para-hydroxylation sites is 1. The van der Waals surface area contributed by atoms with E-state index in [9.17, 15) is 13.6 Å². The van der Waals surface area contributed by atoms with E-state index in [1.165, 1.54) is 19.1 Å². The summed E-state index contributed by atoms with van der Waals surface area (Å²) in [5, 5.41) is 7.48. The molecule has 0 aliphatic heterocycles. The Bertz CT molecular complexity index is 1160. The van der Waals surface area contributed by atoms with Crippen LogP contribution in [0.15, 0.2) is 42.5 Å². The Kier molecular flexibility index (Phi) is 6.77. The van der Waals surface area contributed by atoms with Gasteiger partial charge in [-0.25, -0.2) is 13.8 Å². The predicted octanol–water partition coefficient (Wildman–Crippen LogP) is 5.29. The Morgan fingerprint density at radius 1 is 1.06 bits per heavy atom. The monoisotopic (exact) mass is 452 g/mol. The summed E-state index contributed by atoms with van der Waals surface area (Å²) >= 11 is 0. The summed E-state index contributed by atoms with van der Waals surface area (Å²) in [7, 11) is 4.06. The van der Waals surface area contributed by atoms with E-state index >= 15 is 0 Å². The van der Waals surface area contributed by atoms with Gasteiger partial charge in [-0.15, -0.1) is 0 Å². The van der Waals surface area contributed by atoms with Gasteiger partial charge in [0.15, 0.2) is 11.6 Å². The number of pyridine rings is 1. The van der Waals surface area contributed by atoms with Gasteiger partial charge in [-0.2, -0.15) is 0 Å². The highest BCUT2D eigenvalue weighted by Crippen LogP contribution is 2.30. The number of halogens is 2. The number of aryl methyl sites for hydroxylation is 1. The number of carbonyl (C=O) groups excluding carboxylic acids is 1. The maximum atomic E-state index is 14.1. The van der Waals surface area contributed by atoms with Crippen molar-refractivity contribution in [3.8, 4) is 0 Å². The van der Waals surface area contributed by atoms with Crippen LogP contribution in [-0.4, -0.2) is 37.6 Å². The summed E-state index contributed by atoms with van der Waals surface area (Å²) in [5.74, 6) is -1.43. The molecule has 1 aliphatic carbocycles. The van der Waals surface area contributed by atoms with Crippen LogP contribution in [0.4, 0.5) is 20.3 Å². The van der Waals surface area contributed by atoms with Gasteiger partial charge in [0, 0.05) is 43.8 Å². The molecule has 3 aromatic rings. The van der Waals surface area contributed by atoms with Crippen molar-refractivity contribution in [3.05, 3.63) is 65.2 Å². The number of benzene rings is 2. The minimum absolute atomic E-state index is 0.188. The zero-order valence-electron chi connectivity index (χ0n) is 19.3. The second-order valence-corrected chi connectivity index (χ2v) is 9.07. The van der Waals surface area contributed by atoms with Crippen molar-refractivity contribution >= 4 is 28.3 Å². The smallest absolute Gasteiger partial charge is 0.254 e. The third-order valence-corrected chi connectivity index (χ3v) is 6.45. The van der Waals surface area contributed by atoms with Crippen LogP contribution in [0.25, 0.3) is 10.9 Å². The molecule has 1 aromatic heterocycles. The Hall–Kier alpha value is -3.22. The van der Waals surface area contributed by atoms with Crippen LogP contribution in [0.5, 0.6) is 0 Å². The second-order valence-electron chi connectivity index (χ2n) is 9.07. The van der Waals surface area contributed by atoms with Crippen LogP contribution in [-0.2, 0) is 0 Å². The van der Waals surface area contributed by atoms with Crippen LogP contribution >= 0.6 is 0 Å². The highest BCUT2D eigenvalue weighted by atomic mass is 19.2. The number of nitrogens with zero attached hydrogens (tertiary/aromatic N) is 2. The average molecular weight is 453 g/mol. The van der Waals surface area contributed by atoms with Gasteiger partial charge < -0.3 is 15.5 Å². The van der Waals surface area contributed by atoms with Crippen LogP contribution in [0, 0.1) is 24.5 Å². The molecule has 1 heterocycles. The van der Waals surface area contributed by atoms with Gasteiger partial charge in [0.2, 0.25) is 0 Å². The molecule has 1 aliphatic rings. The van der Waals surface area contributed by atoms with Crippen molar-refractivity contribution < 1.29 is 13.6 Å². The highest BCUT2D eigenvalue weighted by molar-refractivity contribution is 5.94. The van der Waals surface area contributed by atoms with E-state index in [1.807, 2.05) is 32.3 Å². The Labute approximate surface area is 193 Å². The zero-order chi connectivity index (χ0) is 23.5. The van der Waals surface area contributed by atoms with E-state index in [1.54, 1.807) is 0 Å². The summed E-state index contributed by atoms with van der Waals surface area (Å²) in [6.45, 7) is 1.93. The number of hydrogen-bond donors (Lipinski definition) is 2. The van der Waals surface area contributed by atoms with Crippen molar-refractivity contribution in [2.24, 2.45) is 5.92 Å². The maximum absolute atomic E-state index is 14.1. The molecule has 2 N–H and O–H groups in total. The third kappa shape index (κ3) is 5.07. The number of aromatic nitrogens is 1. The molecule has 0 saturated heterocycles. The minimum atomic E-state index is -1.08. The molecule has 0 radical (unpaired) electrons. The van der Waals surface area contributed by atoms with E-state index in [2.05, 4.69) is 27.7 Å². The van der Waals surface area contributed by atoms with Gasteiger partial charge in [0.25, 0.3) is 5.91 Å². The van der Waals surface area contributed by atoms with Gasteiger partial charge >= 0.3 is 0 Å². The molecular formula is C26H30F2N4O. The fraction of sp³-hybridized carbons (Fsp3) is 0.385. The van der Waals surface area contributed by atoms with E-state index in [0.29, 0.717) is 18.5 Å². The van der Waals surface area contributed by atoms with E-state index in [0.717, 1.165) is 48.1 Å². The predicted molar refractivity (Wildman–Crippen MR) is 129 cm³/mol. The molecule has 0 spiro atoms. The number of rotatable bonds is 6. The number of amides is 1. The topological polar surface area (TPSA) is 57.3 Å².